The topological polar surface area (TPSA) is 50.7 Å². The number of para-hydroxylation sites is 1. The molecular formula is C14H19NO3. The van der Waals surface area contributed by atoms with Gasteiger partial charge in [0.25, 0.3) is 0 Å². The van der Waals surface area contributed by atoms with E-state index in [1.807, 2.05) is 18.2 Å². The van der Waals surface area contributed by atoms with E-state index in [-0.39, 0.29) is 0 Å². The van der Waals surface area contributed by atoms with Crippen molar-refractivity contribution >= 4 is 0 Å². The maximum atomic E-state index is 10.1. The van der Waals surface area contributed by atoms with Gasteiger partial charge in [-0.15, -0.1) is 0 Å². The largest absolute Gasteiger partial charge is 0.493 e. The molecule has 2 unspecified atom stereocenters. The first kappa shape index (κ1) is 12.0. The summed E-state index contributed by atoms with van der Waals surface area (Å²) in [6.45, 7) is 3.25. The molecule has 2 atom stereocenters. The van der Waals surface area contributed by atoms with Gasteiger partial charge in [-0.3, -0.25) is 0 Å². The summed E-state index contributed by atoms with van der Waals surface area (Å²) in [6.07, 6.45) is 0.720. The van der Waals surface area contributed by atoms with Gasteiger partial charge in [0.15, 0.2) is 0 Å². The minimum atomic E-state index is -0.682. The van der Waals surface area contributed by atoms with Crippen LogP contribution in [0.5, 0.6) is 5.75 Å². The van der Waals surface area contributed by atoms with Crippen LogP contribution in [0.1, 0.15) is 17.9 Å². The van der Waals surface area contributed by atoms with Crippen molar-refractivity contribution in [1.29, 1.82) is 0 Å². The molecule has 0 amide bonds. The van der Waals surface area contributed by atoms with E-state index in [1.54, 1.807) is 0 Å². The molecule has 4 heteroatoms. The van der Waals surface area contributed by atoms with Gasteiger partial charge in [-0.2, -0.15) is 0 Å². The first-order valence-corrected chi connectivity index (χ1v) is 6.49. The highest BCUT2D eigenvalue weighted by molar-refractivity contribution is 5.39. The molecule has 98 valence electrons. The van der Waals surface area contributed by atoms with Crippen LogP contribution in [-0.2, 0) is 4.74 Å². The summed E-state index contributed by atoms with van der Waals surface area (Å²) in [5, 5.41) is 13.5. The third-order valence-corrected chi connectivity index (χ3v) is 3.73. The van der Waals surface area contributed by atoms with Gasteiger partial charge >= 0.3 is 0 Å². The Morgan fingerprint density at radius 3 is 3.11 bits per heavy atom. The number of rotatable bonds is 4. The monoisotopic (exact) mass is 249 g/mol. The first-order chi connectivity index (χ1) is 8.77. The molecule has 0 saturated carbocycles. The fraction of sp³-hybridized carbons (Fsp3) is 0.571. The predicted molar refractivity (Wildman–Crippen MR) is 67.9 cm³/mol. The number of hydrogen-bond donors (Lipinski definition) is 2. The molecule has 2 aliphatic heterocycles. The number of ether oxygens (including phenoxy) is 2. The predicted octanol–water partition coefficient (Wildman–Crippen LogP) is 0.904. The maximum Gasteiger partial charge on any atom is 0.122 e. The zero-order valence-corrected chi connectivity index (χ0v) is 10.4. The minimum Gasteiger partial charge on any atom is -0.493 e. The second-order valence-corrected chi connectivity index (χ2v) is 5.20. The lowest BCUT2D eigenvalue weighted by atomic mass is 10.00. The lowest BCUT2D eigenvalue weighted by Gasteiger charge is -2.21. The summed E-state index contributed by atoms with van der Waals surface area (Å²) in [5.41, 5.74) is 0.582. The summed E-state index contributed by atoms with van der Waals surface area (Å²) in [7, 11) is 0. The van der Waals surface area contributed by atoms with E-state index < -0.39 is 5.60 Å². The van der Waals surface area contributed by atoms with Crippen molar-refractivity contribution < 1.29 is 14.6 Å². The van der Waals surface area contributed by atoms with Crippen LogP contribution in [0.25, 0.3) is 0 Å². The Morgan fingerprint density at radius 2 is 2.28 bits per heavy atom. The quantitative estimate of drug-likeness (QED) is 0.832. The molecular weight excluding hydrogens is 230 g/mol. The summed E-state index contributed by atoms with van der Waals surface area (Å²) >= 11 is 0. The highest BCUT2D eigenvalue weighted by Gasteiger charge is 2.32. The van der Waals surface area contributed by atoms with Crippen LogP contribution in [0, 0.1) is 0 Å². The smallest absolute Gasteiger partial charge is 0.122 e. The highest BCUT2D eigenvalue weighted by atomic mass is 16.5. The van der Waals surface area contributed by atoms with E-state index in [0.717, 1.165) is 25.3 Å². The molecule has 2 N–H and O–H groups in total. The fourth-order valence-electron chi connectivity index (χ4n) is 2.61. The van der Waals surface area contributed by atoms with Crippen molar-refractivity contribution in [1.82, 2.24) is 5.32 Å². The third kappa shape index (κ3) is 2.36. The molecule has 0 radical (unpaired) electrons. The van der Waals surface area contributed by atoms with E-state index in [9.17, 15) is 5.11 Å². The highest BCUT2D eigenvalue weighted by Crippen LogP contribution is 2.32. The Kier molecular flexibility index (Phi) is 3.24. The third-order valence-electron chi connectivity index (χ3n) is 3.73. The molecule has 0 spiro atoms. The molecule has 0 aliphatic carbocycles. The standard InChI is InChI=1S/C14H19NO3/c16-14(5-6-17-10-14)9-15-7-11-8-18-13-4-2-1-3-12(11)13/h1-4,11,15-16H,5-10H2. The van der Waals surface area contributed by atoms with Gasteiger partial charge in [0.2, 0.25) is 0 Å². The Balaban J connectivity index is 1.53. The maximum absolute atomic E-state index is 10.1. The summed E-state index contributed by atoms with van der Waals surface area (Å²) in [6, 6.07) is 8.15. The molecule has 2 aliphatic rings. The van der Waals surface area contributed by atoms with Gasteiger partial charge in [0, 0.05) is 37.6 Å². The number of aliphatic hydroxyl groups is 1. The Hall–Kier alpha value is -1.10. The summed E-state index contributed by atoms with van der Waals surface area (Å²) < 4.78 is 10.9. The molecule has 0 aromatic heterocycles. The average molecular weight is 249 g/mol. The van der Waals surface area contributed by atoms with Crippen LogP contribution in [0.2, 0.25) is 0 Å². The Bertz CT molecular complexity index is 415. The van der Waals surface area contributed by atoms with E-state index in [4.69, 9.17) is 9.47 Å². The molecule has 4 nitrogen and oxygen atoms in total. The zero-order chi connectivity index (χ0) is 12.4. The molecule has 2 heterocycles. The van der Waals surface area contributed by atoms with Crippen LogP contribution < -0.4 is 10.1 Å². The number of benzene rings is 1. The van der Waals surface area contributed by atoms with E-state index in [1.165, 1.54) is 5.56 Å². The number of fused-ring (bicyclic) bond motifs is 1. The fourth-order valence-corrected chi connectivity index (χ4v) is 2.61. The minimum absolute atomic E-state index is 0.382. The van der Waals surface area contributed by atoms with Crippen molar-refractivity contribution in [3.8, 4) is 5.75 Å². The van der Waals surface area contributed by atoms with Gasteiger partial charge in [-0.1, -0.05) is 18.2 Å². The molecule has 1 fully saturated rings. The molecule has 1 aromatic rings. The van der Waals surface area contributed by atoms with Gasteiger partial charge in [-0.25, -0.2) is 0 Å². The Labute approximate surface area is 107 Å². The van der Waals surface area contributed by atoms with Crippen LogP contribution in [0.3, 0.4) is 0 Å². The van der Waals surface area contributed by atoms with Crippen molar-refractivity contribution in [3.05, 3.63) is 29.8 Å². The van der Waals surface area contributed by atoms with Gasteiger partial charge in [0.1, 0.15) is 11.4 Å². The van der Waals surface area contributed by atoms with Gasteiger partial charge < -0.3 is 19.9 Å². The molecule has 3 rings (SSSR count). The second-order valence-electron chi connectivity index (χ2n) is 5.20. The van der Waals surface area contributed by atoms with Crippen LogP contribution >= 0.6 is 0 Å². The molecule has 0 bridgehead atoms. The molecule has 1 saturated heterocycles. The molecule has 1 aromatic carbocycles. The van der Waals surface area contributed by atoms with Gasteiger partial charge in [0.05, 0.1) is 13.2 Å². The lowest BCUT2D eigenvalue weighted by molar-refractivity contribution is 0.0268. The lowest BCUT2D eigenvalue weighted by Crippen LogP contribution is -2.42. The summed E-state index contributed by atoms with van der Waals surface area (Å²) in [4.78, 5) is 0. The average Bonchev–Trinajstić information content (AvgIpc) is 2.97. The number of nitrogens with one attached hydrogen (secondary N) is 1. The van der Waals surface area contributed by atoms with Crippen LogP contribution in [-0.4, -0.2) is 43.6 Å². The van der Waals surface area contributed by atoms with Crippen LogP contribution in [0.15, 0.2) is 24.3 Å². The second kappa shape index (κ2) is 4.88. The van der Waals surface area contributed by atoms with Crippen molar-refractivity contribution in [2.75, 3.05) is 32.9 Å². The van der Waals surface area contributed by atoms with E-state index in [2.05, 4.69) is 11.4 Å². The summed E-state index contributed by atoms with van der Waals surface area (Å²) in [5.74, 6) is 1.37. The zero-order valence-electron chi connectivity index (χ0n) is 10.4. The van der Waals surface area contributed by atoms with Crippen molar-refractivity contribution in [2.24, 2.45) is 0 Å². The number of hydrogen-bond acceptors (Lipinski definition) is 4. The van der Waals surface area contributed by atoms with Crippen LogP contribution in [0.4, 0.5) is 0 Å². The van der Waals surface area contributed by atoms with Gasteiger partial charge in [-0.05, 0) is 6.07 Å². The SMILES string of the molecule is OC1(CNCC2COc3ccccc32)CCOC1. The Morgan fingerprint density at radius 1 is 1.39 bits per heavy atom. The van der Waals surface area contributed by atoms with Crippen molar-refractivity contribution in [2.45, 2.75) is 17.9 Å². The normalized spacial score (nSPS) is 30.2. The van der Waals surface area contributed by atoms with E-state index in [0.29, 0.717) is 25.7 Å². The first-order valence-electron chi connectivity index (χ1n) is 6.49. The molecule has 18 heavy (non-hydrogen) atoms. The van der Waals surface area contributed by atoms with Crippen molar-refractivity contribution in [3.63, 3.8) is 0 Å². The van der Waals surface area contributed by atoms with E-state index >= 15 is 0 Å².